The smallest absolute Gasteiger partial charge is 0.295 e. The quantitative estimate of drug-likeness (QED) is 0.120. The summed E-state index contributed by atoms with van der Waals surface area (Å²) in [6.07, 6.45) is 8.30. The first kappa shape index (κ1) is 34.1. The first-order chi connectivity index (χ1) is 23.4. The number of carbonyl (C=O) groups excluding carboxylic acids is 3. The van der Waals surface area contributed by atoms with Crippen LogP contribution in [0, 0.1) is 0 Å². The van der Waals surface area contributed by atoms with Gasteiger partial charge in [0, 0.05) is 38.0 Å². The fraction of sp³-hybridized carbons (Fsp3) is 0.316. The van der Waals surface area contributed by atoms with E-state index in [-0.39, 0.29) is 29.7 Å². The normalized spacial score (nSPS) is 16.3. The fourth-order valence-electron chi connectivity index (χ4n) is 6.07. The summed E-state index contributed by atoms with van der Waals surface area (Å²) in [5.74, 6) is 0.283. The second-order valence-electron chi connectivity index (χ2n) is 11.5. The van der Waals surface area contributed by atoms with E-state index in [9.17, 15) is 14.4 Å². The van der Waals surface area contributed by atoms with Crippen molar-refractivity contribution >= 4 is 18.0 Å². The number of aromatic nitrogens is 1. The van der Waals surface area contributed by atoms with E-state index >= 15 is 0 Å². The molecule has 1 amide bonds. The van der Waals surface area contributed by atoms with Crippen molar-refractivity contribution in [2.75, 3.05) is 28.4 Å². The highest BCUT2D eigenvalue weighted by molar-refractivity contribution is 6.43. The van der Waals surface area contributed by atoms with Crippen molar-refractivity contribution in [3.8, 4) is 23.0 Å². The van der Waals surface area contributed by atoms with Crippen LogP contribution in [-0.2, 0) is 40.3 Å². The number of hydrogen-bond donors (Lipinski definition) is 0. The SMILES string of the molecule is COC1CCCc2ccc(OCc3ccncc3)cc21.COc1cc(C(=O)C(=O)N2Cc3ccccc3CC2C=O)cc(OC)c1OC. The summed E-state index contributed by atoms with van der Waals surface area (Å²) >= 11 is 0. The van der Waals surface area contributed by atoms with Crippen LogP contribution in [0.5, 0.6) is 23.0 Å². The summed E-state index contributed by atoms with van der Waals surface area (Å²) in [6.45, 7) is 0.771. The van der Waals surface area contributed by atoms with Crippen molar-refractivity contribution < 1.29 is 38.1 Å². The number of aldehydes is 1. The van der Waals surface area contributed by atoms with Crippen LogP contribution < -0.4 is 18.9 Å². The average Bonchev–Trinajstić information content (AvgIpc) is 3.15. The highest BCUT2D eigenvalue weighted by Gasteiger charge is 2.34. The van der Waals surface area contributed by atoms with E-state index in [2.05, 4.69) is 23.2 Å². The largest absolute Gasteiger partial charge is 0.493 e. The Balaban J connectivity index is 0.000000198. The molecule has 48 heavy (non-hydrogen) atoms. The molecule has 0 spiro atoms. The molecule has 10 nitrogen and oxygen atoms in total. The van der Waals surface area contributed by atoms with Crippen molar-refractivity contribution in [1.82, 2.24) is 9.88 Å². The number of rotatable bonds is 10. The van der Waals surface area contributed by atoms with E-state index in [0.717, 1.165) is 35.3 Å². The zero-order valence-corrected chi connectivity index (χ0v) is 27.6. The molecular weight excluding hydrogens is 612 g/mol. The maximum absolute atomic E-state index is 12.9. The summed E-state index contributed by atoms with van der Waals surface area (Å²) in [5.41, 5.74) is 5.82. The maximum Gasteiger partial charge on any atom is 0.295 e. The van der Waals surface area contributed by atoms with Crippen LogP contribution in [0.1, 0.15) is 57.1 Å². The van der Waals surface area contributed by atoms with Crippen molar-refractivity contribution in [1.29, 1.82) is 0 Å². The molecule has 0 bridgehead atoms. The van der Waals surface area contributed by atoms with E-state index in [4.69, 9.17) is 23.7 Å². The van der Waals surface area contributed by atoms with Gasteiger partial charge >= 0.3 is 0 Å². The number of Topliss-reactive ketones (excluding diaryl/α,β-unsaturated/α-hetero) is 1. The Kier molecular flexibility index (Phi) is 11.4. The third-order valence-electron chi connectivity index (χ3n) is 8.64. The monoisotopic (exact) mass is 652 g/mol. The van der Waals surface area contributed by atoms with Crippen molar-refractivity contribution in [2.45, 2.75) is 51.0 Å². The van der Waals surface area contributed by atoms with Crippen LogP contribution in [-0.4, -0.2) is 62.3 Å². The molecule has 2 aliphatic rings. The van der Waals surface area contributed by atoms with Crippen LogP contribution in [0.2, 0.25) is 0 Å². The number of aryl methyl sites for hydroxylation is 1. The first-order valence-electron chi connectivity index (χ1n) is 15.7. The highest BCUT2D eigenvalue weighted by Crippen LogP contribution is 2.39. The summed E-state index contributed by atoms with van der Waals surface area (Å²) in [7, 11) is 6.09. The molecule has 0 N–H and O–H groups in total. The molecule has 0 fully saturated rings. The van der Waals surface area contributed by atoms with Gasteiger partial charge in [0.25, 0.3) is 11.7 Å². The summed E-state index contributed by atoms with van der Waals surface area (Å²) in [6, 6.07) is 20.0. The zero-order chi connectivity index (χ0) is 34.0. The van der Waals surface area contributed by atoms with Gasteiger partial charge in [-0.15, -0.1) is 0 Å². The minimum absolute atomic E-state index is 0.100. The number of carbonyl (C=O) groups is 3. The third-order valence-corrected chi connectivity index (χ3v) is 8.64. The van der Waals surface area contributed by atoms with Gasteiger partial charge in [-0.3, -0.25) is 14.6 Å². The molecule has 6 rings (SSSR count). The maximum atomic E-state index is 12.9. The van der Waals surface area contributed by atoms with Crippen molar-refractivity contribution in [2.24, 2.45) is 0 Å². The topological polar surface area (TPSA) is 113 Å². The molecule has 2 atom stereocenters. The van der Waals surface area contributed by atoms with Gasteiger partial charge in [0.1, 0.15) is 18.6 Å². The van der Waals surface area contributed by atoms with Gasteiger partial charge in [-0.05, 0) is 83.5 Å². The van der Waals surface area contributed by atoms with E-state index in [1.165, 1.54) is 55.9 Å². The number of pyridine rings is 1. The van der Waals surface area contributed by atoms with Crippen LogP contribution >= 0.6 is 0 Å². The van der Waals surface area contributed by atoms with E-state index in [0.29, 0.717) is 25.1 Å². The van der Waals surface area contributed by atoms with Crippen molar-refractivity contribution in [3.63, 3.8) is 0 Å². The zero-order valence-electron chi connectivity index (χ0n) is 27.6. The molecule has 4 aromatic rings. The molecule has 0 saturated heterocycles. The fourth-order valence-corrected chi connectivity index (χ4v) is 6.07. The standard InChI is InChI=1S/C21H21NO6.C17H19NO2/c1-26-17-9-15(10-18(27-2)20(17)28-3)19(24)21(25)22-11-14-7-5-4-6-13(14)8-16(22)12-23;1-19-17-4-2-3-14-5-6-15(11-16(14)17)20-12-13-7-9-18-10-8-13/h4-7,9-10,12,16H,8,11H2,1-3H3;5-11,17H,2-4,12H2,1H3. The lowest BCUT2D eigenvalue weighted by molar-refractivity contribution is -0.133. The first-order valence-corrected chi connectivity index (χ1v) is 15.7. The van der Waals surface area contributed by atoms with Gasteiger partial charge in [0.05, 0.1) is 33.5 Å². The molecule has 1 aliphatic heterocycles. The summed E-state index contributed by atoms with van der Waals surface area (Å²) < 4.78 is 27.2. The number of methoxy groups -OCH3 is 4. The van der Waals surface area contributed by atoms with Crippen LogP contribution in [0.15, 0.2) is 79.1 Å². The molecule has 10 heteroatoms. The number of benzene rings is 3. The Labute approximate surface area is 280 Å². The van der Waals surface area contributed by atoms with E-state index in [1.807, 2.05) is 36.4 Å². The molecule has 3 aromatic carbocycles. The Bertz CT molecular complexity index is 1720. The van der Waals surface area contributed by atoms with Gasteiger partial charge in [-0.2, -0.15) is 0 Å². The van der Waals surface area contributed by atoms with Gasteiger partial charge in [-0.25, -0.2) is 0 Å². The number of amides is 1. The van der Waals surface area contributed by atoms with Crippen LogP contribution in [0.25, 0.3) is 0 Å². The number of fused-ring (bicyclic) bond motifs is 2. The molecule has 1 aromatic heterocycles. The van der Waals surface area contributed by atoms with Gasteiger partial charge < -0.3 is 33.4 Å². The van der Waals surface area contributed by atoms with Crippen LogP contribution in [0.4, 0.5) is 0 Å². The van der Waals surface area contributed by atoms with Gasteiger partial charge in [0.2, 0.25) is 5.75 Å². The average molecular weight is 653 g/mol. The van der Waals surface area contributed by atoms with E-state index < -0.39 is 17.7 Å². The minimum atomic E-state index is -0.749. The predicted octanol–water partition coefficient (Wildman–Crippen LogP) is 5.73. The number of ether oxygens (including phenoxy) is 5. The van der Waals surface area contributed by atoms with E-state index in [1.54, 1.807) is 19.5 Å². The second-order valence-corrected chi connectivity index (χ2v) is 11.5. The molecule has 250 valence electrons. The summed E-state index contributed by atoms with van der Waals surface area (Å²) in [5, 5.41) is 0. The third kappa shape index (κ3) is 7.66. The minimum Gasteiger partial charge on any atom is -0.493 e. The number of ketones is 1. The predicted molar refractivity (Wildman–Crippen MR) is 179 cm³/mol. The molecule has 2 unspecified atom stereocenters. The Morgan fingerprint density at radius 1 is 0.875 bits per heavy atom. The van der Waals surface area contributed by atoms with Gasteiger partial charge in [-0.1, -0.05) is 30.3 Å². The van der Waals surface area contributed by atoms with Crippen molar-refractivity contribution in [3.05, 3.63) is 113 Å². The lowest BCUT2D eigenvalue weighted by atomic mass is 9.89. The lowest BCUT2D eigenvalue weighted by Crippen LogP contribution is -2.48. The molecular formula is C38H40N2O8. The highest BCUT2D eigenvalue weighted by atomic mass is 16.5. The number of hydrogen-bond acceptors (Lipinski definition) is 9. The molecule has 1 aliphatic carbocycles. The Hall–Kier alpha value is -5.22. The molecule has 0 radical (unpaired) electrons. The summed E-state index contributed by atoms with van der Waals surface area (Å²) in [4.78, 5) is 42.7. The lowest BCUT2D eigenvalue weighted by Gasteiger charge is -2.33. The van der Waals surface area contributed by atoms with Gasteiger partial charge in [0.15, 0.2) is 11.5 Å². The molecule has 2 heterocycles. The number of nitrogens with zero attached hydrogens (tertiary/aromatic N) is 2. The Morgan fingerprint density at radius 3 is 2.23 bits per heavy atom. The Morgan fingerprint density at radius 2 is 1.58 bits per heavy atom. The molecule has 0 saturated carbocycles. The second kappa shape index (κ2) is 16.1. The van der Waals surface area contributed by atoms with Crippen LogP contribution in [0.3, 0.4) is 0 Å².